The van der Waals surface area contributed by atoms with E-state index in [0.29, 0.717) is 49.9 Å². The van der Waals surface area contributed by atoms with Crippen molar-refractivity contribution in [1.82, 2.24) is 15.0 Å². The molecule has 0 aliphatic rings. The standard InChI is InChI=1S/C15H6O4.C11H4N2O3.2C11H4O3S.C8H3NO3.C7Br2O3S.C7Cl2O3S.2C7H2O3S/c16-13-9-5-8-7-3-1-2-4-11(7)19-12(8)6-10(9)14(17)15(13)18;14-9-7-8(10(15)11(9)16)13-6-4-2-1-3-5(6)12-7;12-9-6-3-5-1-2-15-8(5)4-7(6)10(13)11(9)14;12-8-7-5-3-1-2-4-6(5)15-11(7)10(14)9(8)13;10-6-4-2-1-3-9-5(4)7(11)8(6)12;2*8-6-1-2(7(9)13-6)4(11)5(12)3(1)10;8-5-3-1-11-2-4(3)6(9)7(5)10;8-4-3-1-2-11-7(3)6(10)5(4)9/h1-6H;1-4H;2*1-4H;1-3H;;;2*1-2H. The van der Waals surface area contributed by atoms with Gasteiger partial charge in [0, 0.05) is 80.2 Å². The van der Waals surface area contributed by atoms with Crippen LogP contribution in [-0.2, 0) is 0 Å². The van der Waals surface area contributed by atoms with Crippen LogP contribution in [0.2, 0.25) is 8.67 Å². The molecule has 0 spiro atoms. The Morgan fingerprint density at radius 1 is 0.272 bits per heavy atom. The average Bonchev–Trinajstić information content (AvgIpc) is 1.60. The first kappa shape index (κ1) is 85.7. The Labute approximate surface area is 726 Å². The van der Waals surface area contributed by atoms with Crippen molar-refractivity contribution in [2.45, 2.75) is 0 Å². The van der Waals surface area contributed by atoms with Crippen LogP contribution in [0.4, 0.5) is 0 Å². The lowest BCUT2D eigenvalue weighted by molar-refractivity contribution is 0.669. The molecule has 0 N–H and O–H groups in total. The Kier molecular flexibility index (Phi) is 22.8. The number of nitrogens with zero attached hydrogens (tertiary/aromatic N) is 3. The van der Waals surface area contributed by atoms with Gasteiger partial charge in [0.25, 0.3) is 65.1 Å². The zero-order valence-corrected chi connectivity index (χ0v) is 70.3. The van der Waals surface area contributed by atoms with Crippen molar-refractivity contribution in [3.8, 4) is 0 Å². The van der Waals surface area contributed by atoms with Gasteiger partial charge in [-0.2, -0.15) is 11.3 Å². The van der Waals surface area contributed by atoms with E-state index >= 15 is 0 Å². The Morgan fingerprint density at radius 3 is 1.24 bits per heavy atom. The molecule has 14 aromatic carbocycles. The largest absolute Gasteiger partial charge is 0.456 e. The minimum absolute atomic E-state index is 0.0208. The molecule has 0 unspecified atom stereocenters. The molecule has 23 aromatic rings. The summed E-state index contributed by atoms with van der Waals surface area (Å²) in [6.45, 7) is 0. The van der Waals surface area contributed by atoms with Crippen LogP contribution in [0.25, 0.3) is 149 Å². The van der Waals surface area contributed by atoms with Crippen LogP contribution in [0.15, 0.2) is 290 Å². The Bertz CT molecular complexity index is 9570. The van der Waals surface area contributed by atoms with Gasteiger partial charge in [0.05, 0.1) is 60.3 Å². The van der Waals surface area contributed by atoms with E-state index in [1.165, 1.54) is 86.6 Å². The Balaban J connectivity index is 0.000000109. The van der Waals surface area contributed by atoms with E-state index in [0.717, 1.165) is 48.2 Å². The summed E-state index contributed by atoms with van der Waals surface area (Å²) >= 11 is 24.7. The maximum Gasteiger partial charge on any atom is 0.277 e. The number of rotatable bonds is 0. The number of para-hydroxylation sites is 3. The topological polar surface area (TPSA) is 513 Å². The van der Waals surface area contributed by atoms with Crippen LogP contribution in [0.1, 0.15) is 0 Å². The Morgan fingerprint density at radius 2 is 0.680 bits per heavy atom. The van der Waals surface area contributed by atoms with Crippen molar-refractivity contribution in [1.29, 1.82) is 0 Å². The predicted octanol–water partition coefficient (Wildman–Crippen LogP) is 4.91. The maximum atomic E-state index is 11.7. The summed E-state index contributed by atoms with van der Waals surface area (Å²) < 4.78 is 9.26. The zero-order valence-electron chi connectivity index (χ0n) is 60.7. The second kappa shape index (κ2) is 33.2. The van der Waals surface area contributed by atoms with E-state index in [2.05, 4.69) is 46.8 Å². The smallest absolute Gasteiger partial charge is 0.277 e. The molecule has 125 heavy (non-hydrogen) atoms. The van der Waals surface area contributed by atoms with Gasteiger partial charge in [-0.15, -0.1) is 56.7 Å². The summed E-state index contributed by atoms with van der Waals surface area (Å²) in [6, 6.07) is 34.0. The second-order valence-electron chi connectivity index (χ2n) is 26.0. The molecule has 41 heteroatoms. The molecule has 0 saturated heterocycles. The van der Waals surface area contributed by atoms with E-state index in [1.54, 1.807) is 60.0 Å². The molecule has 0 bridgehead atoms. The molecule has 9 aromatic heterocycles. The number of benzene rings is 5. The van der Waals surface area contributed by atoms with Gasteiger partial charge in [-0.1, -0.05) is 71.7 Å². The molecule has 0 radical (unpaired) electrons. The second-order valence-corrected chi connectivity index (χ2v) is 35.5. The molecule has 31 nitrogen and oxygen atoms in total. The van der Waals surface area contributed by atoms with Crippen LogP contribution in [0, 0.1) is 0 Å². The highest BCUT2D eigenvalue weighted by Crippen LogP contribution is 2.37. The third-order valence-corrected chi connectivity index (χ3v) is 26.8. The molecular formula is C84H25Br2Cl2N3O28S6. The number of halogens is 4. The molecule has 608 valence electrons. The van der Waals surface area contributed by atoms with Gasteiger partial charge in [0.2, 0.25) is 81.4 Å². The van der Waals surface area contributed by atoms with E-state index in [9.17, 15) is 129 Å². The number of hydrogen-bond acceptors (Lipinski definition) is 37. The van der Waals surface area contributed by atoms with Crippen molar-refractivity contribution in [3.63, 3.8) is 0 Å². The summed E-state index contributed by atoms with van der Waals surface area (Å²) in [4.78, 5) is 313. The first-order chi connectivity index (χ1) is 59.4. The molecular weight excluding hydrogens is 1920 g/mol. The maximum absolute atomic E-state index is 11.7. The zero-order chi connectivity index (χ0) is 89.8. The molecule has 0 aliphatic carbocycles. The van der Waals surface area contributed by atoms with Gasteiger partial charge >= 0.3 is 0 Å². The first-order valence-electron chi connectivity index (χ1n) is 34.4. The van der Waals surface area contributed by atoms with Crippen LogP contribution in [-0.4, -0.2) is 15.0 Å². The highest BCUT2D eigenvalue weighted by molar-refractivity contribution is 9.12. The quantitative estimate of drug-likeness (QED) is 0.182. The number of aromatic nitrogens is 3. The van der Waals surface area contributed by atoms with E-state index in [-0.39, 0.29) is 89.9 Å². The van der Waals surface area contributed by atoms with Crippen LogP contribution in [0.3, 0.4) is 0 Å². The van der Waals surface area contributed by atoms with Gasteiger partial charge in [0.15, 0.2) is 0 Å². The monoisotopic (exact) mass is 1940 g/mol. The van der Waals surface area contributed by atoms with Gasteiger partial charge in [-0.3, -0.25) is 134 Å². The Hall–Kier alpha value is -14.3. The van der Waals surface area contributed by atoms with Crippen molar-refractivity contribution in [2.24, 2.45) is 0 Å². The molecule has 0 atom stereocenters. The lowest BCUT2D eigenvalue weighted by atomic mass is 10.1. The molecule has 0 aliphatic heterocycles. The normalized spacial score (nSPS) is 11.3. The highest BCUT2D eigenvalue weighted by Gasteiger charge is 2.25. The van der Waals surface area contributed by atoms with E-state index in [1.807, 2.05) is 47.8 Å². The van der Waals surface area contributed by atoms with Crippen molar-refractivity contribution in [2.75, 3.05) is 0 Å². The van der Waals surface area contributed by atoms with Crippen molar-refractivity contribution in [3.05, 3.63) is 441 Å². The SMILES string of the molecule is O=c1c(=O)c2c(Br)sc(Br)c2c1=O.O=c1c(=O)c2c(Cl)sc(Cl)c2c1=O.O=c1c(=O)c2cc3ccsc3cc2c1=O.O=c1c(=O)c2cc3oc4ccccc4c3cc2c1=O.O=c1c(=O)c2cccnc2c1=O.O=c1c(=O)c2ccsc2c1=O.O=c1c(=O)c2cscc2c1=O.O=c1c(=O)c2nc3ccccc3nc2c1=O.O=c1c(=O)c2sc3ccccc3c2c1=O. The molecule has 23 rings (SSSR count). The third kappa shape index (κ3) is 14.6. The lowest BCUT2D eigenvalue weighted by Crippen LogP contribution is -2.29. The van der Waals surface area contributed by atoms with Crippen LogP contribution in [0.5, 0.6) is 0 Å². The molecule has 9 heterocycles. The summed E-state index contributed by atoms with van der Waals surface area (Å²) in [7, 11) is 0. The van der Waals surface area contributed by atoms with Crippen LogP contribution >= 0.6 is 123 Å². The fraction of sp³-hybridized carbons (Fsp3) is 0. The minimum Gasteiger partial charge on any atom is -0.456 e. The highest BCUT2D eigenvalue weighted by atomic mass is 79.9. The summed E-state index contributed by atoms with van der Waals surface area (Å²) in [6.07, 6.45) is 1.38. The number of pyridine rings is 1. The van der Waals surface area contributed by atoms with Gasteiger partial charge < -0.3 is 4.42 Å². The van der Waals surface area contributed by atoms with Gasteiger partial charge in [-0.05, 0) is 121 Å². The molecule has 0 saturated carbocycles. The molecule has 0 amide bonds. The number of fused-ring (bicyclic) bond motifs is 16. The van der Waals surface area contributed by atoms with E-state index < -0.39 is 147 Å². The number of thiophene rings is 6. The fourth-order valence-electron chi connectivity index (χ4n) is 12.9. The van der Waals surface area contributed by atoms with E-state index in [4.69, 9.17) is 27.6 Å². The predicted molar refractivity (Wildman–Crippen MR) is 492 cm³/mol. The number of hydrogen-bond donors (Lipinski definition) is 0. The average molecular weight is 1950 g/mol. The van der Waals surface area contributed by atoms with Crippen molar-refractivity contribution >= 4 is 272 Å². The summed E-state index contributed by atoms with van der Waals surface area (Å²) in [5.74, 6) is 0. The van der Waals surface area contributed by atoms with Crippen LogP contribution < -0.4 is 147 Å². The van der Waals surface area contributed by atoms with Crippen molar-refractivity contribution < 1.29 is 4.42 Å². The van der Waals surface area contributed by atoms with Gasteiger partial charge in [0.1, 0.15) is 36.4 Å². The summed E-state index contributed by atoms with van der Waals surface area (Å²) in [5.41, 5.74) is -19.9. The molecule has 0 fully saturated rings. The van der Waals surface area contributed by atoms with Gasteiger partial charge in [-0.25, -0.2) is 9.97 Å². The fourth-order valence-corrected chi connectivity index (χ4v) is 21.3. The lowest BCUT2D eigenvalue weighted by Gasteiger charge is -1.94. The number of furan rings is 1. The summed E-state index contributed by atoms with van der Waals surface area (Å²) in [5, 5.41) is 12.1. The first-order valence-corrected chi connectivity index (χ1v) is 41.9. The minimum atomic E-state index is -1.05. The third-order valence-electron chi connectivity index (χ3n) is 18.9.